The molecule has 0 bridgehead atoms. The SMILES string of the molecule is OCCOCCO.Oc1ccc(O)cc1.Oc1cccc(O)c1. The molecule has 0 heterocycles. The van der Waals surface area contributed by atoms with Crippen LogP contribution in [0.3, 0.4) is 0 Å². The molecule has 0 radical (unpaired) electrons. The molecule has 0 aliphatic heterocycles. The number of aromatic hydroxyl groups is 4. The molecule has 0 unspecified atom stereocenters. The average molecular weight is 326 g/mol. The molecule has 0 aliphatic rings. The van der Waals surface area contributed by atoms with Gasteiger partial charge in [-0.3, -0.25) is 0 Å². The Morgan fingerprint density at radius 1 is 0.609 bits per heavy atom. The first-order chi connectivity index (χ1) is 11.0. The molecule has 7 nitrogen and oxygen atoms in total. The van der Waals surface area contributed by atoms with Crippen LogP contribution >= 0.6 is 0 Å². The fraction of sp³-hybridized carbons (Fsp3) is 0.250. The maximum absolute atomic E-state index is 8.65. The molecule has 2 rings (SSSR count). The lowest BCUT2D eigenvalue weighted by molar-refractivity contribution is 0.0650. The summed E-state index contributed by atoms with van der Waals surface area (Å²) in [6.07, 6.45) is 0. The third kappa shape index (κ3) is 12.9. The molecule has 7 heteroatoms. The van der Waals surface area contributed by atoms with Crippen LogP contribution < -0.4 is 0 Å². The van der Waals surface area contributed by atoms with E-state index in [-0.39, 0.29) is 36.2 Å². The maximum atomic E-state index is 8.65. The Labute approximate surface area is 134 Å². The molecule has 6 N–H and O–H groups in total. The Hall–Kier alpha value is -2.48. The van der Waals surface area contributed by atoms with E-state index >= 15 is 0 Å². The first-order valence-corrected chi connectivity index (χ1v) is 6.75. The monoisotopic (exact) mass is 326 g/mol. The topological polar surface area (TPSA) is 131 Å². The number of phenols is 4. The van der Waals surface area contributed by atoms with E-state index < -0.39 is 0 Å². The summed E-state index contributed by atoms with van der Waals surface area (Å²) >= 11 is 0. The van der Waals surface area contributed by atoms with Crippen molar-refractivity contribution in [3.8, 4) is 23.0 Å². The van der Waals surface area contributed by atoms with Gasteiger partial charge in [-0.25, -0.2) is 0 Å². The lowest BCUT2D eigenvalue weighted by atomic mass is 10.3. The van der Waals surface area contributed by atoms with Crippen molar-refractivity contribution in [2.24, 2.45) is 0 Å². The molecular formula is C16H22O7. The minimum absolute atomic E-state index is 0.0278. The van der Waals surface area contributed by atoms with E-state index in [0.717, 1.165) is 0 Å². The molecule has 2 aromatic rings. The van der Waals surface area contributed by atoms with Gasteiger partial charge in [0.15, 0.2) is 0 Å². The predicted octanol–water partition coefficient (Wildman–Crippen LogP) is 1.18. The number of ether oxygens (including phenoxy) is 1. The summed E-state index contributed by atoms with van der Waals surface area (Å²) in [5.41, 5.74) is 0. The second-order valence-electron chi connectivity index (χ2n) is 4.10. The lowest BCUT2D eigenvalue weighted by Crippen LogP contribution is -2.03. The third-order valence-electron chi connectivity index (χ3n) is 2.15. The van der Waals surface area contributed by atoms with Gasteiger partial charge in [-0.2, -0.15) is 0 Å². The van der Waals surface area contributed by atoms with Gasteiger partial charge in [0.25, 0.3) is 0 Å². The highest BCUT2D eigenvalue weighted by atomic mass is 16.5. The van der Waals surface area contributed by atoms with Gasteiger partial charge in [0, 0.05) is 6.07 Å². The van der Waals surface area contributed by atoms with Crippen molar-refractivity contribution < 1.29 is 35.4 Å². The van der Waals surface area contributed by atoms with Crippen LogP contribution in [-0.4, -0.2) is 57.1 Å². The van der Waals surface area contributed by atoms with Gasteiger partial charge in [-0.1, -0.05) is 6.07 Å². The number of phenolic OH excluding ortho intramolecular Hbond substituents is 4. The maximum Gasteiger partial charge on any atom is 0.119 e. The van der Waals surface area contributed by atoms with Crippen molar-refractivity contribution in [3.63, 3.8) is 0 Å². The zero-order valence-electron chi connectivity index (χ0n) is 12.5. The molecule has 23 heavy (non-hydrogen) atoms. The van der Waals surface area contributed by atoms with Crippen molar-refractivity contribution in [3.05, 3.63) is 48.5 Å². The number of hydrogen-bond donors (Lipinski definition) is 6. The highest BCUT2D eigenvalue weighted by Gasteiger charge is 1.86. The lowest BCUT2D eigenvalue weighted by Gasteiger charge is -1.94. The summed E-state index contributed by atoms with van der Waals surface area (Å²) in [5.74, 6) is 0.514. The van der Waals surface area contributed by atoms with Gasteiger partial charge in [0.05, 0.1) is 26.4 Å². The number of hydrogen-bond acceptors (Lipinski definition) is 7. The van der Waals surface area contributed by atoms with Crippen LogP contribution in [0.25, 0.3) is 0 Å². The Bertz CT molecular complexity index is 472. The highest BCUT2D eigenvalue weighted by Crippen LogP contribution is 2.15. The first-order valence-electron chi connectivity index (χ1n) is 6.75. The summed E-state index contributed by atoms with van der Waals surface area (Å²) < 4.78 is 4.63. The van der Waals surface area contributed by atoms with E-state index in [2.05, 4.69) is 4.74 Å². The van der Waals surface area contributed by atoms with Crippen LogP contribution in [0.4, 0.5) is 0 Å². The molecule has 0 saturated heterocycles. The Kier molecular flexibility index (Phi) is 11.8. The van der Waals surface area contributed by atoms with Gasteiger partial charge >= 0.3 is 0 Å². The highest BCUT2D eigenvalue weighted by molar-refractivity contribution is 5.30. The largest absolute Gasteiger partial charge is 0.508 e. The van der Waals surface area contributed by atoms with Gasteiger partial charge in [0.2, 0.25) is 0 Å². The normalized spacial score (nSPS) is 9.13. The molecule has 0 aliphatic carbocycles. The van der Waals surface area contributed by atoms with Crippen molar-refractivity contribution in [2.45, 2.75) is 0 Å². The molecule has 0 spiro atoms. The van der Waals surface area contributed by atoms with E-state index in [1.54, 1.807) is 6.07 Å². The van der Waals surface area contributed by atoms with E-state index in [9.17, 15) is 0 Å². The van der Waals surface area contributed by atoms with Crippen LogP contribution in [0.15, 0.2) is 48.5 Å². The zero-order chi connectivity index (χ0) is 17.5. The number of aliphatic hydroxyl groups is 2. The van der Waals surface area contributed by atoms with Crippen molar-refractivity contribution in [1.82, 2.24) is 0 Å². The van der Waals surface area contributed by atoms with Gasteiger partial charge in [-0.05, 0) is 36.4 Å². The standard InChI is InChI=1S/2C6H6O2.C4H10O3/c7-5-1-2-6(8)4-3-5;7-5-2-1-3-6(8)4-5;5-1-3-7-4-2-6/h2*1-4,7-8H;5-6H,1-4H2. The Morgan fingerprint density at radius 3 is 1.26 bits per heavy atom. The minimum atomic E-state index is 0.0278. The van der Waals surface area contributed by atoms with Crippen LogP contribution in [0.1, 0.15) is 0 Å². The summed E-state index contributed by atoms with van der Waals surface area (Å²) in [6.45, 7) is 0.696. The predicted molar refractivity (Wildman–Crippen MR) is 84.5 cm³/mol. The van der Waals surface area contributed by atoms with Crippen LogP contribution in [0.2, 0.25) is 0 Å². The molecule has 2 aromatic carbocycles. The van der Waals surface area contributed by atoms with E-state index in [0.29, 0.717) is 13.2 Å². The van der Waals surface area contributed by atoms with Crippen LogP contribution in [0.5, 0.6) is 23.0 Å². The molecule has 0 amide bonds. The summed E-state index contributed by atoms with van der Waals surface area (Å²) in [4.78, 5) is 0. The van der Waals surface area contributed by atoms with E-state index in [1.165, 1.54) is 42.5 Å². The third-order valence-corrected chi connectivity index (χ3v) is 2.15. The molecule has 0 atom stereocenters. The van der Waals surface area contributed by atoms with Crippen molar-refractivity contribution >= 4 is 0 Å². The summed E-state index contributed by atoms with van der Waals surface area (Å²) in [6, 6.07) is 11.6. The Morgan fingerprint density at radius 2 is 1.00 bits per heavy atom. The van der Waals surface area contributed by atoms with Crippen LogP contribution in [-0.2, 0) is 4.74 Å². The van der Waals surface area contributed by atoms with E-state index in [1.807, 2.05) is 0 Å². The number of aliphatic hydroxyl groups excluding tert-OH is 2. The fourth-order valence-electron chi connectivity index (χ4n) is 1.18. The van der Waals surface area contributed by atoms with Crippen molar-refractivity contribution in [1.29, 1.82) is 0 Å². The second-order valence-corrected chi connectivity index (χ2v) is 4.10. The quantitative estimate of drug-likeness (QED) is 0.367. The molecular weight excluding hydrogens is 304 g/mol. The van der Waals surface area contributed by atoms with Gasteiger partial charge in [-0.15, -0.1) is 0 Å². The Balaban J connectivity index is 0.000000317. The molecule has 128 valence electrons. The fourth-order valence-corrected chi connectivity index (χ4v) is 1.18. The van der Waals surface area contributed by atoms with Crippen LogP contribution in [0, 0.1) is 0 Å². The summed E-state index contributed by atoms with van der Waals surface area (Å²) in [7, 11) is 0. The molecule has 0 fully saturated rings. The smallest absolute Gasteiger partial charge is 0.119 e. The summed E-state index contributed by atoms with van der Waals surface area (Å²) in [5, 5.41) is 50.8. The average Bonchev–Trinajstić information content (AvgIpc) is 2.52. The molecule has 0 saturated carbocycles. The van der Waals surface area contributed by atoms with E-state index in [4.69, 9.17) is 30.6 Å². The first kappa shape index (κ1) is 20.5. The second kappa shape index (κ2) is 13.2. The zero-order valence-corrected chi connectivity index (χ0v) is 12.5. The molecule has 0 aromatic heterocycles. The minimum Gasteiger partial charge on any atom is -0.508 e. The van der Waals surface area contributed by atoms with Gasteiger partial charge < -0.3 is 35.4 Å². The number of benzene rings is 2. The van der Waals surface area contributed by atoms with Crippen molar-refractivity contribution in [2.75, 3.05) is 26.4 Å². The number of rotatable bonds is 4. The van der Waals surface area contributed by atoms with Gasteiger partial charge in [0.1, 0.15) is 23.0 Å².